The van der Waals surface area contributed by atoms with Crippen molar-refractivity contribution in [2.24, 2.45) is 0 Å². The maximum absolute atomic E-state index is 13.7. The quantitative estimate of drug-likeness (QED) is 0.0555. The molecule has 326 valence electrons. The van der Waals surface area contributed by atoms with E-state index in [0.29, 0.717) is 12.8 Å². The van der Waals surface area contributed by atoms with Crippen molar-refractivity contribution in [3.05, 3.63) is 131 Å². The minimum Gasteiger partial charge on any atom is -0.274 e. The third kappa shape index (κ3) is 8.78. The predicted octanol–water partition coefficient (Wildman–Crippen LogP) is 7.96. The van der Waals surface area contributed by atoms with Crippen LogP contribution in [0.1, 0.15) is 142 Å². The van der Waals surface area contributed by atoms with Crippen molar-refractivity contribution in [1.82, 2.24) is 18.3 Å². The van der Waals surface area contributed by atoms with Gasteiger partial charge in [-0.2, -0.15) is 0 Å². The van der Waals surface area contributed by atoms with E-state index in [1.165, 1.54) is 135 Å². The van der Waals surface area contributed by atoms with Gasteiger partial charge < -0.3 is 0 Å². The van der Waals surface area contributed by atoms with Gasteiger partial charge in [0.1, 0.15) is 0 Å². The van der Waals surface area contributed by atoms with Crippen LogP contribution in [0, 0.1) is 0 Å². The summed E-state index contributed by atoms with van der Waals surface area (Å²) in [5, 5.41) is 0.446. The number of hydrogen-bond donors (Lipinski definition) is 0. The number of fused-ring (bicyclic) bond motifs is 4. The third-order valence-electron chi connectivity index (χ3n) is 12.8. The van der Waals surface area contributed by atoms with Gasteiger partial charge >= 0.3 is 0 Å². The lowest BCUT2D eigenvalue weighted by atomic mass is 10.1. The van der Waals surface area contributed by atoms with E-state index >= 15 is 0 Å². The molecular weight excluding hydrogens is 785 g/mol. The highest BCUT2D eigenvalue weighted by molar-refractivity contribution is 5.99. The Balaban J connectivity index is 1.05. The maximum Gasteiger partial charge on any atom is 0.266 e. The van der Waals surface area contributed by atoms with E-state index in [1.807, 2.05) is 0 Å². The minimum atomic E-state index is -0.666. The molecule has 0 N–H and O–H groups in total. The lowest BCUT2D eigenvalue weighted by Crippen LogP contribution is -2.26. The van der Waals surface area contributed by atoms with E-state index < -0.39 is 44.5 Å². The second kappa shape index (κ2) is 19.9. The van der Waals surface area contributed by atoms with Gasteiger partial charge in [-0.1, -0.05) is 129 Å². The molecule has 0 amide bonds. The summed E-state index contributed by atoms with van der Waals surface area (Å²) in [6, 6.07) is 11.0. The SMILES string of the molecule is CCCCCCCCCCCCn1c(=O)c2cc3c(=O)n(-c4ccc(-n5c(=O)c6cc7c(=O)n(CCCCCCCCCCCC)c(=O)c7cc6c5=O)cc4)c(=O)c3cc2c1=O. The van der Waals surface area contributed by atoms with Crippen molar-refractivity contribution in [2.75, 3.05) is 0 Å². The van der Waals surface area contributed by atoms with E-state index in [0.717, 1.165) is 47.7 Å². The summed E-state index contributed by atoms with van der Waals surface area (Å²) >= 11 is 0. The zero-order valence-corrected chi connectivity index (χ0v) is 36.2. The number of benzene rings is 3. The normalized spacial score (nSPS) is 12.0. The van der Waals surface area contributed by atoms with Gasteiger partial charge in [-0.15, -0.1) is 0 Å². The van der Waals surface area contributed by atoms with Gasteiger partial charge in [0.2, 0.25) is 0 Å². The van der Waals surface area contributed by atoms with Gasteiger partial charge in [0.05, 0.1) is 54.5 Å². The number of nitrogens with zero attached hydrogens (tertiary/aromatic N) is 4. The van der Waals surface area contributed by atoms with Gasteiger partial charge in [0.15, 0.2) is 0 Å². The van der Waals surface area contributed by atoms with Crippen LogP contribution in [-0.2, 0) is 13.1 Å². The van der Waals surface area contributed by atoms with Crippen LogP contribution >= 0.6 is 0 Å². The van der Waals surface area contributed by atoms with E-state index in [-0.39, 0.29) is 67.6 Å². The Morgan fingerprint density at radius 3 is 0.742 bits per heavy atom. The van der Waals surface area contributed by atoms with E-state index in [1.54, 1.807) is 0 Å². The Bertz CT molecular complexity index is 2760. The highest BCUT2D eigenvalue weighted by atomic mass is 16.2. The molecule has 0 spiro atoms. The fourth-order valence-corrected chi connectivity index (χ4v) is 9.19. The van der Waals surface area contributed by atoms with Crippen LogP contribution in [0.25, 0.3) is 54.5 Å². The summed E-state index contributed by atoms with van der Waals surface area (Å²) in [6.45, 7) is 4.96. The molecule has 0 radical (unpaired) electrons. The van der Waals surface area contributed by atoms with Crippen LogP contribution in [-0.4, -0.2) is 18.3 Å². The van der Waals surface area contributed by atoms with Crippen molar-refractivity contribution in [1.29, 1.82) is 0 Å². The summed E-state index contributed by atoms with van der Waals surface area (Å²) < 4.78 is 4.28. The summed E-state index contributed by atoms with van der Waals surface area (Å²) in [4.78, 5) is 108. The zero-order valence-electron chi connectivity index (χ0n) is 36.2. The van der Waals surface area contributed by atoms with Crippen LogP contribution in [0.5, 0.6) is 0 Å². The molecule has 0 aliphatic carbocycles. The predicted molar refractivity (Wildman–Crippen MR) is 250 cm³/mol. The molecule has 0 aliphatic heterocycles. The first-order valence-electron chi connectivity index (χ1n) is 23.0. The van der Waals surface area contributed by atoms with Gasteiger partial charge in [-0.05, 0) is 61.4 Å². The molecule has 0 fully saturated rings. The van der Waals surface area contributed by atoms with Crippen molar-refractivity contribution >= 4 is 43.1 Å². The van der Waals surface area contributed by atoms with Crippen LogP contribution in [0.2, 0.25) is 0 Å². The number of hydrogen-bond acceptors (Lipinski definition) is 8. The minimum absolute atomic E-state index is 0.0133. The molecule has 62 heavy (non-hydrogen) atoms. The molecular formula is C50H58N4O8. The summed E-state index contributed by atoms with van der Waals surface area (Å²) in [7, 11) is 0. The Labute approximate surface area is 358 Å². The molecule has 12 heteroatoms. The molecule has 7 rings (SSSR count). The smallest absolute Gasteiger partial charge is 0.266 e. The van der Waals surface area contributed by atoms with E-state index in [4.69, 9.17) is 0 Å². The Hall–Kier alpha value is -5.78. The summed E-state index contributed by atoms with van der Waals surface area (Å²) in [5.74, 6) is 0. The first-order chi connectivity index (χ1) is 30.1. The second-order valence-electron chi connectivity index (χ2n) is 17.2. The Kier molecular flexibility index (Phi) is 14.2. The van der Waals surface area contributed by atoms with Gasteiger partial charge in [0.25, 0.3) is 44.5 Å². The first-order valence-corrected chi connectivity index (χ1v) is 23.0. The number of rotatable bonds is 24. The highest BCUT2D eigenvalue weighted by Crippen LogP contribution is 2.20. The molecule has 12 nitrogen and oxygen atoms in total. The van der Waals surface area contributed by atoms with Crippen LogP contribution in [0.3, 0.4) is 0 Å². The number of unbranched alkanes of at least 4 members (excludes halogenated alkanes) is 18. The lowest BCUT2D eigenvalue weighted by Gasteiger charge is -2.04. The van der Waals surface area contributed by atoms with Crippen LogP contribution in [0.15, 0.2) is 86.9 Å². The van der Waals surface area contributed by atoms with Crippen molar-refractivity contribution in [3.8, 4) is 11.4 Å². The van der Waals surface area contributed by atoms with Crippen LogP contribution < -0.4 is 44.5 Å². The molecule has 0 saturated heterocycles. The molecule has 0 aliphatic rings. The van der Waals surface area contributed by atoms with Gasteiger partial charge in [-0.25, -0.2) is 9.13 Å². The molecule has 3 aromatic carbocycles. The number of aromatic nitrogens is 4. The summed E-state index contributed by atoms with van der Waals surface area (Å²) in [6.07, 6.45) is 22.4. The Morgan fingerprint density at radius 1 is 0.290 bits per heavy atom. The molecule has 7 aromatic rings. The van der Waals surface area contributed by atoms with Gasteiger partial charge in [-0.3, -0.25) is 47.5 Å². The van der Waals surface area contributed by atoms with Gasteiger partial charge in [0, 0.05) is 13.1 Å². The topological polar surface area (TPSA) is 156 Å². The molecule has 0 bridgehead atoms. The molecule has 0 unspecified atom stereocenters. The first kappa shape index (κ1) is 44.3. The largest absolute Gasteiger partial charge is 0.274 e. The average molecular weight is 843 g/mol. The molecule has 0 atom stereocenters. The lowest BCUT2D eigenvalue weighted by molar-refractivity contribution is 0.529. The highest BCUT2D eigenvalue weighted by Gasteiger charge is 2.22. The van der Waals surface area contributed by atoms with Crippen molar-refractivity contribution in [3.63, 3.8) is 0 Å². The van der Waals surface area contributed by atoms with Crippen LogP contribution in [0.4, 0.5) is 0 Å². The summed E-state index contributed by atoms with van der Waals surface area (Å²) in [5.41, 5.74) is -4.25. The fourth-order valence-electron chi connectivity index (χ4n) is 9.19. The maximum atomic E-state index is 13.7. The van der Waals surface area contributed by atoms with E-state index in [9.17, 15) is 38.4 Å². The molecule has 4 heterocycles. The average Bonchev–Trinajstić information content (AvgIpc) is 3.86. The molecule has 4 aromatic heterocycles. The van der Waals surface area contributed by atoms with E-state index in [2.05, 4.69) is 13.8 Å². The zero-order chi connectivity index (χ0) is 43.9. The molecule has 0 saturated carbocycles. The monoisotopic (exact) mass is 842 g/mol. The van der Waals surface area contributed by atoms with Crippen molar-refractivity contribution in [2.45, 2.75) is 155 Å². The fraction of sp³-hybridized carbons (Fsp3) is 0.480. The Morgan fingerprint density at radius 2 is 0.500 bits per heavy atom. The third-order valence-corrected chi connectivity index (χ3v) is 12.8. The standard InChI is InChI=1S/C50H58N4O8/c1-3-5-7-9-11-13-15-17-19-21-27-51-43(55)35-29-39-40(30-36(35)44(51)56)48(60)53(47(39)59)33-23-25-34(26-24-33)54-49(61)41-31-37-38(32-42(41)50(54)62)46(58)52(45(37)57)28-22-20-18-16-14-12-10-8-6-4-2/h23-26,29-32H,3-22,27-28H2,1-2H3. The second-order valence-corrected chi connectivity index (χ2v) is 17.2. The van der Waals surface area contributed by atoms with Crippen molar-refractivity contribution < 1.29 is 0 Å².